The minimum absolute atomic E-state index is 0.198. The van der Waals surface area contributed by atoms with Gasteiger partial charge in [0, 0.05) is 18.2 Å². The number of esters is 1. The Morgan fingerprint density at radius 3 is 2.81 bits per heavy atom. The number of ether oxygens (including phenoxy) is 4. The van der Waals surface area contributed by atoms with E-state index < -0.39 is 11.9 Å². The van der Waals surface area contributed by atoms with Crippen LogP contribution in [-0.2, 0) is 20.9 Å². The van der Waals surface area contributed by atoms with Gasteiger partial charge >= 0.3 is 5.97 Å². The van der Waals surface area contributed by atoms with Gasteiger partial charge in [-0.05, 0) is 29.8 Å². The fourth-order valence-corrected chi connectivity index (χ4v) is 2.45. The average molecular weight is 369 g/mol. The molecule has 0 bridgehead atoms. The maximum Gasteiger partial charge on any atom is 0.331 e. The molecule has 0 radical (unpaired) electrons. The van der Waals surface area contributed by atoms with Crippen LogP contribution >= 0.6 is 0 Å². The van der Waals surface area contributed by atoms with E-state index in [4.69, 9.17) is 18.9 Å². The molecule has 7 nitrogen and oxygen atoms in total. The lowest BCUT2D eigenvalue weighted by Gasteiger charge is -2.06. The summed E-state index contributed by atoms with van der Waals surface area (Å²) in [6, 6.07) is 12.7. The van der Waals surface area contributed by atoms with Crippen LogP contribution in [-0.4, -0.2) is 32.4 Å². The Morgan fingerprint density at radius 2 is 1.96 bits per heavy atom. The lowest BCUT2D eigenvalue weighted by Crippen LogP contribution is -2.28. The van der Waals surface area contributed by atoms with Gasteiger partial charge in [0.2, 0.25) is 6.79 Å². The van der Waals surface area contributed by atoms with Crippen molar-refractivity contribution >= 4 is 18.0 Å². The minimum atomic E-state index is -0.612. The Balaban J connectivity index is 1.43. The van der Waals surface area contributed by atoms with E-state index >= 15 is 0 Å². The molecule has 0 fully saturated rings. The Bertz CT molecular complexity index is 861. The topological polar surface area (TPSA) is 83.1 Å². The number of fused-ring (bicyclic) bond motifs is 1. The predicted octanol–water partition coefficient (Wildman–Crippen LogP) is 2.30. The molecular formula is C20H19NO6. The summed E-state index contributed by atoms with van der Waals surface area (Å²) in [7, 11) is 1.55. The molecule has 27 heavy (non-hydrogen) atoms. The summed E-state index contributed by atoms with van der Waals surface area (Å²) < 4.78 is 20.6. The van der Waals surface area contributed by atoms with Gasteiger partial charge in [-0.3, -0.25) is 4.79 Å². The number of hydrogen-bond donors (Lipinski definition) is 1. The van der Waals surface area contributed by atoms with Crippen LogP contribution in [0.5, 0.6) is 17.2 Å². The third-order valence-electron chi connectivity index (χ3n) is 3.81. The lowest BCUT2D eigenvalue weighted by atomic mass is 10.2. The SMILES string of the molecule is COc1ccccc1C=CC(=O)OCC(=O)NCc1ccc2c(c1)OCO2. The first kappa shape index (κ1) is 18.3. The molecule has 1 aliphatic heterocycles. The second-order valence-corrected chi connectivity index (χ2v) is 5.65. The summed E-state index contributed by atoms with van der Waals surface area (Å²) in [5, 5.41) is 2.68. The molecule has 1 amide bonds. The van der Waals surface area contributed by atoms with Gasteiger partial charge < -0.3 is 24.3 Å². The molecule has 2 aromatic carbocycles. The van der Waals surface area contributed by atoms with E-state index in [1.165, 1.54) is 6.08 Å². The zero-order valence-corrected chi connectivity index (χ0v) is 14.8. The van der Waals surface area contributed by atoms with Crippen LogP contribution < -0.4 is 19.5 Å². The molecule has 3 rings (SSSR count). The molecule has 7 heteroatoms. The molecule has 2 aromatic rings. The van der Waals surface area contributed by atoms with Crippen LogP contribution in [0.2, 0.25) is 0 Å². The van der Waals surface area contributed by atoms with E-state index in [0.717, 1.165) is 11.1 Å². The summed E-state index contributed by atoms with van der Waals surface area (Å²) >= 11 is 0. The van der Waals surface area contributed by atoms with Crippen LogP contribution in [0.25, 0.3) is 6.08 Å². The van der Waals surface area contributed by atoms with Crippen molar-refractivity contribution in [1.82, 2.24) is 5.32 Å². The summed E-state index contributed by atoms with van der Waals surface area (Å²) in [5.41, 5.74) is 1.60. The molecule has 140 valence electrons. The third kappa shape index (κ3) is 5.01. The summed E-state index contributed by atoms with van der Waals surface area (Å²) in [6.07, 6.45) is 2.83. The van der Waals surface area contributed by atoms with Crippen molar-refractivity contribution in [1.29, 1.82) is 0 Å². The molecular weight excluding hydrogens is 350 g/mol. The molecule has 0 spiro atoms. The number of hydrogen-bond acceptors (Lipinski definition) is 6. The minimum Gasteiger partial charge on any atom is -0.496 e. The number of rotatable bonds is 7. The highest BCUT2D eigenvalue weighted by atomic mass is 16.7. The number of para-hydroxylation sites is 1. The smallest absolute Gasteiger partial charge is 0.331 e. The van der Waals surface area contributed by atoms with Gasteiger partial charge in [0.25, 0.3) is 5.91 Å². The second kappa shape index (κ2) is 8.75. The molecule has 0 aliphatic carbocycles. The predicted molar refractivity (Wildman–Crippen MR) is 97.4 cm³/mol. The largest absolute Gasteiger partial charge is 0.496 e. The zero-order valence-electron chi connectivity index (χ0n) is 14.8. The molecule has 0 saturated heterocycles. The number of methoxy groups -OCH3 is 1. The summed E-state index contributed by atoms with van der Waals surface area (Å²) in [6.45, 7) is 0.132. The maximum atomic E-state index is 11.8. The first-order valence-corrected chi connectivity index (χ1v) is 8.29. The van der Waals surface area contributed by atoms with Crippen LogP contribution in [0.15, 0.2) is 48.5 Å². The van der Waals surface area contributed by atoms with Crippen LogP contribution in [0.1, 0.15) is 11.1 Å². The van der Waals surface area contributed by atoms with E-state index in [2.05, 4.69) is 5.32 Å². The van der Waals surface area contributed by atoms with Gasteiger partial charge in [0.1, 0.15) is 5.75 Å². The van der Waals surface area contributed by atoms with Crippen molar-refractivity contribution in [3.63, 3.8) is 0 Å². The molecule has 0 unspecified atom stereocenters. The fourth-order valence-electron chi connectivity index (χ4n) is 2.45. The van der Waals surface area contributed by atoms with Crippen molar-refractivity contribution in [3.05, 3.63) is 59.7 Å². The Labute approximate surface area is 156 Å². The highest BCUT2D eigenvalue weighted by molar-refractivity contribution is 5.89. The maximum absolute atomic E-state index is 11.8. The molecule has 1 heterocycles. The van der Waals surface area contributed by atoms with Gasteiger partial charge in [-0.1, -0.05) is 24.3 Å². The van der Waals surface area contributed by atoms with Gasteiger partial charge in [0.15, 0.2) is 18.1 Å². The first-order chi connectivity index (χ1) is 13.2. The van der Waals surface area contributed by atoms with Crippen molar-refractivity contribution in [2.75, 3.05) is 20.5 Å². The molecule has 1 N–H and O–H groups in total. The highest BCUT2D eigenvalue weighted by Gasteiger charge is 2.13. The Hall–Kier alpha value is -3.48. The van der Waals surface area contributed by atoms with Crippen molar-refractivity contribution in [2.45, 2.75) is 6.54 Å². The number of benzene rings is 2. The average Bonchev–Trinajstić information content (AvgIpc) is 3.17. The second-order valence-electron chi connectivity index (χ2n) is 5.65. The van der Waals surface area contributed by atoms with Gasteiger partial charge in [-0.15, -0.1) is 0 Å². The van der Waals surface area contributed by atoms with Gasteiger partial charge in [0.05, 0.1) is 7.11 Å². The van der Waals surface area contributed by atoms with E-state index in [0.29, 0.717) is 23.8 Å². The van der Waals surface area contributed by atoms with Crippen LogP contribution in [0.3, 0.4) is 0 Å². The monoisotopic (exact) mass is 369 g/mol. The summed E-state index contributed by atoms with van der Waals surface area (Å²) in [5.74, 6) is 0.962. The van der Waals surface area contributed by atoms with E-state index in [1.54, 1.807) is 37.5 Å². The fraction of sp³-hybridized carbons (Fsp3) is 0.200. The van der Waals surface area contributed by atoms with E-state index in [1.807, 2.05) is 18.2 Å². The molecule has 0 atom stereocenters. The van der Waals surface area contributed by atoms with Gasteiger partial charge in [-0.25, -0.2) is 4.79 Å². The molecule has 1 aliphatic rings. The standard InChI is InChI=1S/C20H19NO6/c1-24-16-5-3-2-4-15(16)7-9-20(23)25-12-19(22)21-11-14-6-8-17-18(10-14)27-13-26-17/h2-10H,11-13H2,1H3,(H,21,22). The molecule has 0 saturated carbocycles. The third-order valence-corrected chi connectivity index (χ3v) is 3.81. The first-order valence-electron chi connectivity index (χ1n) is 8.29. The molecule has 0 aromatic heterocycles. The zero-order chi connectivity index (χ0) is 19.1. The van der Waals surface area contributed by atoms with Crippen molar-refractivity contribution < 1.29 is 28.5 Å². The normalized spacial score (nSPS) is 12.0. The van der Waals surface area contributed by atoms with Crippen LogP contribution in [0, 0.1) is 0 Å². The van der Waals surface area contributed by atoms with E-state index in [9.17, 15) is 9.59 Å². The number of carbonyl (C=O) groups is 2. The van der Waals surface area contributed by atoms with Crippen molar-refractivity contribution in [2.24, 2.45) is 0 Å². The quantitative estimate of drug-likeness (QED) is 0.596. The van der Waals surface area contributed by atoms with E-state index in [-0.39, 0.29) is 13.4 Å². The van der Waals surface area contributed by atoms with Crippen molar-refractivity contribution in [3.8, 4) is 17.2 Å². The number of amides is 1. The highest BCUT2D eigenvalue weighted by Crippen LogP contribution is 2.32. The number of carbonyl (C=O) groups excluding carboxylic acids is 2. The Kier molecular flexibility index (Phi) is 5.94. The lowest BCUT2D eigenvalue weighted by molar-refractivity contribution is -0.143. The summed E-state index contributed by atoms with van der Waals surface area (Å²) in [4.78, 5) is 23.6. The Morgan fingerprint density at radius 1 is 1.15 bits per heavy atom. The van der Waals surface area contributed by atoms with Crippen LogP contribution in [0.4, 0.5) is 0 Å². The number of nitrogens with one attached hydrogen (secondary N) is 1. The van der Waals surface area contributed by atoms with Gasteiger partial charge in [-0.2, -0.15) is 0 Å².